The van der Waals surface area contributed by atoms with E-state index in [4.69, 9.17) is 14.5 Å². The molecule has 1 aliphatic rings. The zero-order valence-electron chi connectivity index (χ0n) is 23.2. The zero-order valence-corrected chi connectivity index (χ0v) is 23.2. The Morgan fingerprint density at radius 2 is 1.68 bits per heavy atom. The third-order valence-electron chi connectivity index (χ3n) is 7.16. The van der Waals surface area contributed by atoms with Crippen molar-refractivity contribution in [2.24, 2.45) is 5.92 Å². The van der Waals surface area contributed by atoms with Gasteiger partial charge in [0.1, 0.15) is 11.6 Å². The van der Waals surface area contributed by atoms with Crippen molar-refractivity contribution in [3.63, 3.8) is 0 Å². The number of benzene rings is 2. The van der Waals surface area contributed by atoms with E-state index in [9.17, 15) is 9.18 Å². The first-order chi connectivity index (χ1) is 18.2. The van der Waals surface area contributed by atoms with Crippen LogP contribution in [0.5, 0.6) is 5.75 Å². The molecule has 0 amide bonds. The highest BCUT2D eigenvalue weighted by Crippen LogP contribution is 2.40. The van der Waals surface area contributed by atoms with Crippen LogP contribution in [0.15, 0.2) is 48.5 Å². The van der Waals surface area contributed by atoms with Gasteiger partial charge in [0, 0.05) is 42.0 Å². The minimum atomic E-state index is -0.232. The van der Waals surface area contributed by atoms with Crippen molar-refractivity contribution in [1.29, 1.82) is 0 Å². The highest BCUT2D eigenvalue weighted by atomic mass is 19.1. The highest BCUT2D eigenvalue weighted by Gasteiger charge is 2.26. The predicted molar refractivity (Wildman–Crippen MR) is 150 cm³/mol. The van der Waals surface area contributed by atoms with Gasteiger partial charge in [-0.05, 0) is 81.8 Å². The molecule has 1 saturated heterocycles. The Kier molecular flexibility index (Phi) is 9.03. The topological polar surface area (TPSA) is 51.7 Å². The summed E-state index contributed by atoms with van der Waals surface area (Å²) in [5.41, 5.74) is 7.03. The molecule has 6 heteroatoms. The van der Waals surface area contributed by atoms with E-state index in [-0.39, 0.29) is 24.3 Å². The molecule has 2 aromatic carbocycles. The molecule has 0 unspecified atom stereocenters. The maximum Gasteiger partial charge on any atom is 0.310 e. The molecule has 4 rings (SSSR count). The second-order valence-corrected chi connectivity index (χ2v) is 10.6. The van der Waals surface area contributed by atoms with E-state index >= 15 is 0 Å². The molecule has 5 nitrogen and oxygen atoms in total. The van der Waals surface area contributed by atoms with Gasteiger partial charge < -0.3 is 14.4 Å². The second-order valence-electron chi connectivity index (χ2n) is 10.6. The number of anilines is 1. The Balaban J connectivity index is 1.61. The van der Waals surface area contributed by atoms with E-state index in [1.54, 1.807) is 12.1 Å². The summed E-state index contributed by atoms with van der Waals surface area (Å²) in [5, 5.41) is 0. The number of halogens is 1. The molecule has 1 aliphatic heterocycles. The number of ether oxygens (including phenoxy) is 2. The van der Waals surface area contributed by atoms with Crippen LogP contribution < -0.4 is 9.64 Å². The average Bonchev–Trinajstić information content (AvgIpc) is 2.87. The van der Waals surface area contributed by atoms with Crippen molar-refractivity contribution in [2.75, 3.05) is 24.6 Å². The van der Waals surface area contributed by atoms with E-state index in [1.807, 2.05) is 39.8 Å². The fourth-order valence-electron chi connectivity index (χ4n) is 5.11. The van der Waals surface area contributed by atoms with E-state index in [2.05, 4.69) is 24.0 Å². The molecule has 0 aliphatic carbocycles. The van der Waals surface area contributed by atoms with Crippen LogP contribution in [-0.4, -0.2) is 36.8 Å². The fraction of sp³-hybridized carbons (Fsp3) is 0.438. The molecule has 0 N–H and O–H groups in total. The molecule has 0 saturated carbocycles. The van der Waals surface area contributed by atoms with Crippen molar-refractivity contribution in [2.45, 2.75) is 66.4 Å². The van der Waals surface area contributed by atoms with Gasteiger partial charge in [0.2, 0.25) is 0 Å². The zero-order chi connectivity index (χ0) is 27.2. The van der Waals surface area contributed by atoms with Gasteiger partial charge in [-0.25, -0.2) is 4.39 Å². The minimum absolute atomic E-state index is 0.157. The number of esters is 1. The van der Waals surface area contributed by atoms with Crippen molar-refractivity contribution in [3.05, 3.63) is 76.9 Å². The monoisotopic (exact) mass is 518 g/mol. The summed E-state index contributed by atoms with van der Waals surface area (Å²) in [6.45, 7) is 12.5. The van der Waals surface area contributed by atoms with Crippen LogP contribution in [-0.2, 0) is 22.4 Å². The smallest absolute Gasteiger partial charge is 0.310 e. The second kappa shape index (κ2) is 12.4. The SMILES string of the molecule is Cc1nc(C)c(-c2ccc(OCCc3ccc(F)cc3)cc2)c(N2CCC(C)CC2)c1CC(=O)OC(C)C. The van der Waals surface area contributed by atoms with Gasteiger partial charge in [-0.2, -0.15) is 0 Å². The Hall–Kier alpha value is -3.41. The van der Waals surface area contributed by atoms with Gasteiger partial charge in [-0.1, -0.05) is 31.2 Å². The molecular weight excluding hydrogens is 479 g/mol. The lowest BCUT2D eigenvalue weighted by molar-refractivity contribution is -0.146. The van der Waals surface area contributed by atoms with Crippen LogP contribution in [0.4, 0.5) is 10.1 Å². The summed E-state index contributed by atoms with van der Waals surface area (Å²) < 4.78 is 24.6. The average molecular weight is 519 g/mol. The lowest BCUT2D eigenvalue weighted by atomic mass is 9.92. The van der Waals surface area contributed by atoms with Crippen LogP contribution >= 0.6 is 0 Å². The molecule has 3 aromatic rings. The molecular formula is C32H39FN2O3. The van der Waals surface area contributed by atoms with Crippen LogP contribution in [0.3, 0.4) is 0 Å². The summed E-state index contributed by atoms with van der Waals surface area (Å²) in [6.07, 6.45) is 3.00. The molecule has 0 radical (unpaired) electrons. The first-order valence-corrected chi connectivity index (χ1v) is 13.6. The fourth-order valence-corrected chi connectivity index (χ4v) is 5.11. The number of aromatic nitrogens is 1. The van der Waals surface area contributed by atoms with Crippen molar-refractivity contribution < 1.29 is 18.7 Å². The van der Waals surface area contributed by atoms with Crippen LogP contribution in [0.2, 0.25) is 0 Å². The van der Waals surface area contributed by atoms with E-state index in [0.29, 0.717) is 18.9 Å². The van der Waals surface area contributed by atoms with Crippen molar-refractivity contribution in [1.82, 2.24) is 4.98 Å². The van der Waals surface area contributed by atoms with Gasteiger partial charge >= 0.3 is 5.97 Å². The Morgan fingerprint density at radius 1 is 1.03 bits per heavy atom. The molecule has 0 spiro atoms. The number of hydrogen-bond donors (Lipinski definition) is 0. The molecule has 1 aromatic heterocycles. The lowest BCUT2D eigenvalue weighted by Crippen LogP contribution is -2.34. The van der Waals surface area contributed by atoms with Gasteiger partial charge in [0.15, 0.2) is 0 Å². The van der Waals surface area contributed by atoms with Crippen LogP contribution in [0.1, 0.15) is 56.1 Å². The largest absolute Gasteiger partial charge is 0.493 e. The summed E-state index contributed by atoms with van der Waals surface area (Å²) >= 11 is 0. The highest BCUT2D eigenvalue weighted by molar-refractivity contribution is 5.87. The molecule has 0 atom stereocenters. The summed E-state index contributed by atoms with van der Waals surface area (Å²) in [4.78, 5) is 20.1. The van der Waals surface area contributed by atoms with Crippen molar-refractivity contribution >= 4 is 11.7 Å². The van der Waals surface area contributed by atoms with E-state index in [1.165, 1.54) is 12.1 Å². The first kappa shape index (κ1) is 27.6. The normalized spacial score (nSPS) is 14.1. The quantitative estimate of drug-likeness (QED) is 0.290. The van der Waals surface area contributed by atoms with Gasteiger partial charge in [-0.15, -0.1) is 0 Å². The maximum absolute atomic E-state index is 13.1. The number of rotatable bonds is 9. The summed E-state index contributed by atoms with van der Waals surface area (Å²) in [7, 11) is 0. The third-order valence-corrected chi connectivity index (χ3v) is 7.16. The van der Waals surface area contributed by atoms with Gasteiger partial charge in [0.25, 0.3) is 0 Å². The Labute approximate surface area is 226 Å². The number of aryl methyl sites for hydroxylation is 2. The standard InChI is InChI=1S/C32H39FN2O3/c1-21(2)38-30(36)20-29-23(4)34-24(5)31(32(29)35-17-14-22(3)15-18-35)26-8-12-28(13-9-26)37-19-16-25-6-10-27(33)11-7-25/h6-13,21-22H,14-20H2,1-5H3. The number of pyridine rings is 1. The summed E-state index contributed by atoms with van der Waals surface area (Å²) in [5.74, 6) is 1.02. The van der Waals surface area contributed by atoms with Crippen LogP contribution in [0.25, 0.3) is 11.1 Å². The maximum atomic E-state index is 13.1. The number of carbonyl (C=O) groups excluding carboxylic acids is 1. The predicted octanol–water partition coefficient (Wildman–Crippen LogP) is 6.86. The van der Waals surface area contributed by atoms with Gasteiger partial charge in [0.05, 0.1) is 24.8 Å². The molecule has 2 heterocycles. The number of carbonyl (C=O) groups is 1. The molecule has 38 heavy (non-hydrogen) atoms. The van der Waals surface area contributed by atoms with Gasteiger partial charge in [-0.3, -0.25) is 9.78 Å². The number of hydrogen-bond acceptors (Lipinski definition) is 5. The van der Waals surface area contributed by atoms with E-state index < -0.39 is 0 Å². The van der Waals surface area contributed by atoms with Crippen LogP contribution in [0, 0.1) is 25.6 Å². The Bertz CT molecular complexity index is 1230. The third kappa shape index (κ3) is 6.91. The van der Waals surface area contributed by atoms with E-state index in [0.717, 1.165) is 71.0 Å². The lowest BCUT2D eigenvalue weighted by Gasteiger charge is -2.36. The Morgan fingerprint density at radius 3 is 2.32 bits per heavy atom. The summed E-state index contributed by atoms with van der Waals surface area (Å²) in [6, 6.07) is 14.6. The molecule has 0 bridgehead atoms. The molecule has 1 fully saturated rings. The van der Waals surface area contributed by atoms with Crippen molar-refractivity contribution in [3.8, 4) is 16.9 Å². The number of piperidine rings is 1. The minimum Gasteiger partial charge on any atom is -0.493 e. The number of nitrogens with zero attached hydrogens (tertiary/aromatic N) is 2. The first-order valence-electron chi connectivity index (χ1n) is 13.6. The molecule has 202 valence electrons.